The molecule has 206 valence electrons. The van der Waals surface area contributed by atoms with Crippen molar-refractivity contribution in [3.05, 3.63) is 106 Å². The zero-order chi connectivity index (χ0) is 28.9. The summed E-state index contributed by atoms with van der Waals surface area (Å²) in [6, 6.07) is 19.4. The van der Waals surface area contributed by atoms with Crippen LogP contribution in [0.25, 0.3) is 0 Å². The maximum absolute atomic E-state index is 12.2. The highest BCUT2D eigenvalue weighted by Gasteiger charge is 2.30. The molecule has 0 fully saturated rings. The van der Waals surface area contributed by atoms with Crippen LogP contribution in [0.2, 0.25) is 0 Å². The monoisotopic (exact) mass is 543 g/mol. The second kappa shape index (κ2) is 16.1. The van der Waals surface area contributed by atoms with Gasteiger partial charge in [-0.1, -0.05) is 107 Å². The van der Waals surface area contributed by atoms with Gasteiger partial charge in [0.2, 0.25) is 5.91 Å². The number of carbonyl (C=O) groups is 1. The van der Waals surface area contributed by atoms with Gasteiger partial charge in [0.25, 0.3) is 0 Å². The van der Waals surface area contributed by atoms with Gasteiger partial charge in [-0.25, -0.2) is 0 Å². The Labute approximate surface area is 230 Å². The van der Waals surface area contributed by atoms with E-state index in [4.69, 9.17) is 0 Å². The van der Waals surface area contributed by atoms with Crippen LogP contribution in [-0.2, 0) is 17.4 Å². The summed E-state index contributed by atoms with van der Waals surface area (Å²) >= 11 is 1.63. The number of alkyl halides is 3. The Morgan fingerprint density at radius 3 is 2.11 bits per heavy atom. The summed E-state index contributed by atoms with van der Waals surface area (Å²) < 4.78 is 36.7. The van der Waals surface area contributed by atoms with E-state index in [1.807, 2.05) is 70.2 Å². The topological polar surface area (TPSA) is 29.1 Å². The highest BCUT2D eigenvalue weighted by atomic mass is 32.2. The number of amides is 1. The lowest BCUT2D eigenvalue weighted by atomic mass is 10.0. The lowest BCUT2D eigenvalue weighted by Gasteiger charge is -2.10. The fourth-order valence-corrected chi connectivity index (χ4v) is 3.94. The second-order valence-electron chi connectivity index (χ2n) is 9.48. The average Bonchev–Trinajstić information content (AvgIpc) is 2.83. The third-order valence-corrected chi connectivity index (χ3v) is 6.13. The standard InChI is InChI=1S/C19H21NOS.C10H11F3.C3H8/c1-13(2)22-18-12-17(10-7-15(18)4)20-19(21)11-16-8-5-14(3)6-9-16;1-7(2)8-4-3-5-9(6-8)10(11,12)13;1-3-2/h5-10,12H,1,11H2,2-4H3,(H,20,21);3-7H,1-2H3;3H2,1-2H3. The van der Waals surface area contributed by atoms with Crippen molar-refractivity contribution in [3.8, 4) is 0 Å². The number of anilines is 1. The molecule has 3 aromatic carbocycles. The first-order chi connectivity index (χ1) is 17.8. The molecule has 0 aromatic heterocycles. The normalized spacial score (nSPS) is 10.6. The molecule has 0 saturated carbocycles. The molecule has 0 bridgehead atoms. The predicted molar refractivity (Wildman–Crippen MR) is 157 cm³/mol. The Morgan fingerprint density at radius 2 is 1.58 bits per heavy atom. The van der Waals surface area contributed by atoms with Crippen molar-refractivity contribution in [2.24, 2.45) is 0 Å². The molecule has 3 aromatic rings. The first-order valence-electron chi connectivity index (χ1n) is 12.7. The van der Waals surface area contributed by atoms with Gasteiger partial charge in [-0.15, -0.1) is 0 Å². The first kappa shape index (κ1) is 33.0. The van der Waals surface area contributed by atoms with E-state index in [2.05, 4.69) is 32.7 Å². The molecule has 0 saturated heterocycles. The summed E-state index contributed by atoms with van der Waals surface area (Å²) in [5, 5.41) is 2.96. The molecule has 1 amide bonds. The molecule has 0 aliphatic heterocycles. The zero-order valence-corrected chi connectivity index (χ0v) is 24.3. The van der Waals surface area contributed by atoms with E-state index in [9.17, 15) is 18.0 Å². The van der Waals surface area contributed by atoms with Gasteiger partial charge >= 0.3 is 6.18 Å². The van der Waals surface area contributed by atoms with Crippen molar-refractivity contribution in [3.63, 3.8) is 0 Å². The molecule has 6 heteroatoms. The Bertz CT molecular complexity index is 1170. The summed E-state index contributed by atoms with van der Waals surface area (Å²) in [7, 11) is 0. The number of hydrogen-bond donors (Lipinski definition) is 1. The largest absolute Gasteiger partial charge is 0.416 e. The highest BCUT2D eigenvalue weighted by Crippen LogP contribution is 2.31. The van der Waals surface area contributed by atoms with Gasteiger partial charge in [0.05, 0.1) is 12.0 Å². The predicted octanol–water partition coefficient (Wildman–Crippen LogP) is 10.4. The summed E-state index contributed by atoms with van der Waals surface area (Å²) in [4.78, 5) is 14.3. The molecule has 0 aliphatic carbocycles. The van der Waals surface area contributed by atoms with Gasteiger partial charge in [0, 0.05) is 10.6 Å². The number of carbonyl (C=O) groups excluding carboxylic acids is 1. The molecule has 0 unspecified atom stereocenters. The Morgan fingerprint density at radius 1 is 0.974 bits per heavy atom. The van der Waals surface area contributed by atoms with Crippen LogP contribution in [0.15, 0.2) is 83.1 Å². The molecule has 0 radical (unpaired) electrons. The van der Waals surface area contributed by atoms with E-state index in [-0.39, 0.29) is 11.8 Å². The van der Waals surface area contributed by atoms with Crippen LogP contribution in [-0.4, -0.2) is 5.91 Å². The lowest BCUT2D eigenvalue weighted by molar-refractivity contribution is -0.137. The molecule has 1 N–H and O–H groups in total. The van der Waals surface area contributed by atoms with E-state index in [1.54, 1.807) is 17.8 Å². The van der Waals surface area contributed by atoms with Crippen LogP contribution in [0.4, 0.5) is 18.9 Å². The first-order valence-corrected chi connectivity index (χ1v) is 13.5. The van der Waals surface area contributed by atoms with Gasteiger partial charge in [0.1, 0.15) is 0 Å². The summed E-state index contributed by atoms with van der Waals surface area (Å²) in [5.74, 6) is 0.126. The Hall–Kier alpha value is -2.99. The Balaban J connectivity index is 0.000000383. The fraction of sp³-hybridized carbons (Fsp3) is 0.344. The highest BCUT2D eigenvalue weighted by molar-refractivity contribution is 8.03. The lowest BCUT2D eigenvalue weighted by Crippen LogP contribution is -2.14. The van der Waals surface area contributed by atoms with Crippen molar-refractivity contribution in [1.29, 1.82) is 0 Å². The van der Waals surface area contributed by atoms with Gasteiger partial charge in [-0.2, -0.15) is 13.2 Å². The maximum atomic E-state index is 12.2. The minimum atomic E-state index is -4.23. The van der Waals surface area contributed by atoms with Crippen LogP contribution in [0.5, 0.6) is 0 Å². The maximum Gasteiger partial charge on any atom is 0.416 e. The average molecular weight is 544 g/mol. The molecule has 0 aliphatic rings. The molecule has 0 heterocycles. The van der Waals surface area contributed by atoms with Crippen molar-refractivity contribution in [1.82, 2.24) is 0 Å². The van der Waals surface area contributed by atoms with Crippen LogP contribution < -0.4 is 5.32 Å². The zero-order valence-electron chi connectivity index (χ0n) is 23.5. The summed E-state index contributed by atoms with van der Waals surface area (Å²) in [5.41, 5.74) is 4.38. The van der Waals surface area contributed by atoms with E-state index >= 15 is 0 Å². The van der Waals surface area contributed by atoms with Gasteiger partial charge in [0.15, 0.2) is 0 Å². The number of hydrogen-bond acceptors (Lipinski definition) is 2. The molecular formula is C32H40F3NOS. The van der Waals surface area contributed by atoms with Crippen molar-refractivity contribution < 1.29 is 18.0 Å². The van der Waals surface area contributed by atoms with Crippen molar-refractivity contribution in [2.45, 2.75) is 78.3 Å². The number of benzene rings is 3. The van der Waals surface area contributed by atoms with Gasteiger partial charge < -0.3 is 5.32 Å². The van der Waals surface area contributed by atoms with Crippen LogP contribution in [0.3, 0.4) is 0 Å². The Kier molecular flexibility index (Phi) is 14.0. The van der Waals surface area contributed by atoms with Crippen LogP contribution in [0, 0.1) is 13.8 Å². The fourth-order valence-electron chi connectivity index (χ4n) is 3.15. The number of allylic oxidation sites excluding steroid dienone is 1. The van der Waals surface area contributed by atoms with Gasteiger partial charge in [-0.3, -0.25) is 4.79 Å². The number of aryl methyl sites for hydroxylation is 2. The van der Waals surface area contributed by atoms with E-state index in [0.717, 1.165) is 32.7 Å². The van der Waals surface area contributed by atoms with E-state index in [1.165, 1.54) is 29.7 Å². The minimum absolute atomic E-state index is 0.000943. The number of rotatable bonds is 6. The molecule has 38 heavy (non-hydrogen) atoms. The molecule has 3 rings (SSSR count). The van der Waals surface area contributed by atoms with Crippen LogP contribution >= 0.6 is 11.8 Å². The molecule has 2 nitrogen and oxygen atoms in total. The third-order valence-electron chi connectivity index (χ3n) is 5.12. The molecular weight excluding hydrogens is 503 g/mol. The smallest absolute Gasteiger partial charge is 0.326 e. The molecule has 0 atom stereocenters. The summed E-state index contributed by atoms with van der Waals surface area (Å²) in [6.45, 7) is 18.0. The number of nitrogens with one attached hydrogen (secondary N) is 1. The van der Waals surface area contributed by atoms with E-state index in [0.29, 0.717) is 6.42 Å². The second-order valence-corrected chi connectivity index (χ2v) is 10.8. The number of thioether (sulfide) groups is 1. The van der Waals surface area contributed by atoms with Crippen molar-refractivity contribution >= 4 is 23.4 Å². The molecule has 0 spiro atoms. The number of halogens is 3. The van der Waals surface area contributed by atoms with Crippen molar-refractivity contribution in [2.75, 3.05) is 5.32 Å². The SMILES string of the molecule is C=C(C)Sc1cc(NC(=O)Cc2ccc(C)cc2)ccc1C.CC(C)c1cccc(C(F)(F)F)c1.CCC. The minimum Gasteiger partial charge on any atom is -0.326 e. The van der Waals surface area contributed by atoms with Crippen LogP contribution in [0.1, 0.15) is 74.8 Å². The summed E-state index contributed by atoms with van der Waals surface area (Å²) in [6.07, 6.45) is -2.60. The quantitative estimate of drug-likeness (QED) is 0.313. The van der Waals surface area contributed by atoms with Gasteiger partial charge in [-0.05, 0) is 66.5 Å². The van der Waals surface area contributed by atoms with E-state index < -0.39 is 11.7 Å². The third kappa shape index (κ3) is 12.5.